The first-order chi connectivity index (χ1) is 14.9. The minimum absolute atomic E-state index is 0.0176. The zero-order valence-electron chi connectivity index (χ0n) is 16.7. The summed E-state index contributed by atoms with van der Waals surface area (Å²) in [6.45, 7) is 3.97. The average molecular weight is 452 g/mol. The SMILES string of the molecule is Cc1cc(C)cc(NC(=O)CSc2ncnc3c(-c4ccc([N+](=O)[O-])cc4)nsc23)c1. The van der Waals surface area contributed by atoms with Crippen molar-refractivity contribution in [3.63, 3.8) is 0 Å². The molecule has 31 heavy (non-hydrogen) atoms. The molecular weight excluding hydrogens is 434 g/mol. The molecule has 0 aliphatic carbocycles. The van der Waals surface area contributed by atoms with Gasteiger partial charge in [0.2, 0.25) is 5.91 Å². The van der Waals surface area contributed by atoms with Crippen LogP contribution >= 0.6 is 23.3 Å². The summed E-state index contributed by atoms with van der Waals surface area (Å²) in [7, 11) is 0. The Morgan fingerprint density at radius 2 is 1.84 bits per heavy atom. The standard InChI is InChI=1S/C21H17N5O3S2/c1-12-7-13(2)9-15(8-12)24-17(27)10-30-21-20-19(22-11-23-21)18(25-31-20)14-3-5-16(6-4-14)26(28)29/h3-9,11H,10H2,1-2H3,(H,24,27). The summed E-state index contributed by atoms with van der Waals surface area (Å²) in [5.74, 6) is 0.0750. The van der Waals surface area contributed by atoms with Crippen LogP contribution in [-0.2, 0) is 4.79 Å². The molecule has 0 spiro atoms. The molecule has 156 valence electrons. The highest BCUT2D eigenvalue weighted by molar-refractivity contribution is 8.00. The van der Waals surface area contributed by atoms with E-state index in [4.69, 9.17) is 0 Å². The Hall–Kier alpha value is -3.37. The first kappa shape index (κ1) is 20.9. The Morgan fingerprint density at radius 1 is 1.13 bits per heavy atom. The summed E-state index contributed by atoms with van der Waals surface area (Å²) >= 11 is 2.56. The lowest BCUT2D eigenvalue weighted by Gasteiger charge is -2.07. The fourth-order valence-electron chi connectivity index (χ4n) is 3.15. The van der Waals surface area contributed by atoms with Crippen molar-refractivity contribution >= 4 is 50.8 Å². The summed E-state index contributed by atoms with van der Waals surface area (Å²) in [6.07, 6.45) is 1.44. The van der Waals surface area contributed by atoms with Crippen molar-refractivity contribution in [2.45, 2.75) is 18.9 Å². The van der Waals surface area contributed by atoms with Gasteiger partial charge in [0.15, 0.2) is 0 Å². The van der Waals surface area contributed by atoms with Crippen molar-refractivity contribution < 1.29 is 9.72 Å². The van der Waals surface area contributed by atoms with E-state index in [9.17, 15) is 14.9 Å². The third-order valence-corrected chi connectivity index (χ3v) is 6.38. The lowest BCUT2D eigenvalue weighted by molar-refractivity contribution is -0.384. The Labute approximate surface area is 186 Å². The first-order valence-electron chi connectivity index (χ1n) is 9.27. The van der Waals surface area contributed by atoms with Gasteiger partial charge < -0.3 is 5.32 Å². The summed E-state index contributed by atoms with van der Waals surface area (Å²) in [6, 6.07) is 12.1. The van der Waals surface area contributed by atoms with Crippen LogP contribution < -0.4 is 5.32 Å². The molecular formula is C21H17N5O3S2. The van der Waals surface area contributed by atoms with Gasteiger partial charge in [-0.05, 0) is 60.8 Å². The molecule has 4 aromatic rings. The van der Waals surface area contributed by atoms with Gasteiger partial charge in [-0.15, -0.1) is 0 Å². The summed E-state index contributed by atoms with van der Waals surface area (Å²) in [4.78, 5) is 31.5. The molecule has 0 saturated heterocycles. The van der Waals surface area contributed by atoms with E-state index < -0.39 is 4.92 Å². The van der Waals surface area contributed by atoms with E-state index in [2.05, 4.69) is 19.7 Å². The van der Waals surface area contributed by atoms with Crippen molar-refractivity contribution in [1.82, 2.24) is 14.3 Å². The predicted octanol–water partition coefficient (Wildman–Crippen LogP) is 5.01. The molecule has 0 saturated carbocycles. The molecule has 10 heteroatoms. The molecule has 2 heterocycles. The van der Waals surface area contributed by atoms with Crippen molar-refractivity contribution in [3.05, 3.63) is 70.0 Å². The average Bonchev–Trinajstić information content (AvgIpc) is 3.16. The highest BCUT2D eigenvalue weighted by atomic mass is 32.2. The van der Waals surface area contributed by atoms with E-state index in [1.54, 1.807) is 12.1 Å². The highest BCUT2D eigenvalue weighted by Crippen LogP contribution is 2.34. The van der Waals surface area contributed by atoms with Crippen molar-refractivity contribution in [2.24, 2.45) is 0 Å². The third-order valence-electron chi connectivity index (χ3n) is 4.42. The number of amides is 1. The fraction of sp³-hybridized carbons (Fsp3) is 0.143. The number of aryl methyl sites for hydroxylation is 2. The minimum Gasteiger partial charge on any atom is -0.325 e. The van der Waals surface area contributed by atoms with Crippen LogP contribution in [0.5, 0.6) is 0 Å². The number of carbonyl (C=O) groups excluding carboxylic acids is 1. The van der Waals surface area contributed by atoms with E-state index in [-0.39, 0.29) is 17.3 Å². The number of nitrogens with zero attached hydrogens (tertiary/aromatic N) is 4. The van der Waals surface area contributed by atoms with Crippen LogP contribution in [0, 0.1) is 24.0 Å². The van der Waals surface area contributed by atoms with E-state index in [0.717, 1.165) is 27.1 Å². The molecule has 0 fully saturated rings. The number of carbonyl (C=O) groups is 1. The lowest BCUT2D eigenvalue weighted by Crippen LogP contribution is -2.14. The third kappa shape index (κ3) is 4.70. The number of rotatable bonds is 6. The van der Waals surface area contributed by atoms with Crippen LogP contribution in [0.25, 0.3) is 21.5 Å². The molecule has 2 aromatic heterocycles. The molecule has 1 amide bonds. The second-order valence-electron chi connectivity index (χ2n) is 6.90. The van der Waals surface area contributed by atoms with Crippen LogP contribution in [0.3, 0.4) is 0 Å². The summed E-state index contributed by atoms with van der Waals surface area (Å²) in [5, 5.41) is 14.5. The van der Waals surface area contributed by atoms with Gasteiger partial charge in [-0.2, -0.15) is 4.37 Å². The number of nitrogens with one attached hydrogen (secondary N) is 1. The highest BCUT2D eigenvalue weighted by Gasteiger charge is 2.16. The number of benzene rings is 2. The van der Waals surface area contributed by atoms with E-state index in [1.807, 2.05) is 32.0 Å². The molecule has 0 aliphatic heterocycles. The first-order valence-corrected chi connectivity index (χ1v) is 11.0. The molecule has 0 aliphatic rings. The van der Waals surface area contributed by atoms with Gasteiger partial charge in [-0.3, -0.25) is 14.9 Å². The minimum atomic E-state index is -0.442. The maximum Gasteiger partial charge on any atom is 0.269 e. The number of hydrogen-bond acceptors (Lipinski definition) is 8. The Morgan fingerprint density at radius 3 is 2.52 bits per heavy atom. The van der Waals surface area contributed by atoms with E-state index >= 15 is 0 Å². The van der Waals surface area contributed by atoms with E-state index in [0.29, 0.717) is 16.2 Å². The molecule has 4 rings (SSSR count). The zero-order valence-corrected chi connectivity index (χ0v) is 18.3. The lowest BCUT2D eigenvalue weighted by atomic mass is 10.1. The van der Waals surface area contributed by atoms with Crippen LogP contribution in [0.4, 0.5) is 11.4 Å². The van der Waals surface area contributed by atoms with Crippen molar-refractivity contribution in [2.75, 3.05) is 11.1 Å². The molecule has 0 bridgehead atoms. The normalized spacial score (nSPS) is 10.9. The second-order valence-corrected chi connectivity index (χ2v) is 8.64. The molecule has 0 atom stereocenters. The van der Waals surface area contributed by atoms with Gasteiger partial charge in [0.1, 0.15) is 27.3 Å². The van der Waals surface area contributed by atoms with Gasteiger partial charge in [0.05, 0.1) is 10.7 Å². The predicted molar refractivity (Wildman–Crippen MR) is 123 cm³/mol. The summed E-state index contributed by atoms with van der Waals surface area (Å²) in [5.41, 5.74) is 5.00. The zero-order chi connectivity index (χ0) is 22.0. The Bertz CT molecular complexity index is 1270. The van der Waals surface area contributed by atoms with Crippen molar-refractivity contribution in [1.29, 1.82) is 0 Å². The number of aromatic nitrogens is 3. The smallest absolute Gasteiger partial charge is 0.269 e. The van der Waals surface area contributed by atoms with Gasteiger partial charge in [0.25, 0.3) is 5.69 Å². The quantitative estimate of drug-likeness (QED) is 0.190. The monoisotopic (exact) mass is 451 g/mol. The van der Waals surface area contributed by atoms with Crippen LogP contribution in [0.2, 0.25) is 0 Å². The molecule has 1 N–H and O–H groups in total. The largest absolute Gasteiger partial charge is 0.325 e. The maximum absolute atomic E-state index is 12.4. The van der Waals surface area contributed by atoms with Crippen LogP contribution in [0.15, 0.2) is 53.8 Å². The fourth-order valence-corrected chi connectivity index (χ4v) is 4.87. The topological polar surface area (TPSA) is 111 Å². The molecule has 2 aromatic carbocycles. The van der Waals surface area contributed by atoms with Crippen LogP contribution in [-0.4, -0.2) is 30.9 Å². The maximum atomic E-state index is 12.4. The summed E-state index contributed by atoms with van der Waals surface area (Å²) < 4.78 is 5.25. The van der Waals surface area contributed by atoms with Gasteiger partial charge >= 0.3 is 0 Å². The number of fused-ring (bicyclic) bond motifs is 1. The van der Waals surface area contributed by atoms with E-state index in [1.165, 1.54) is 41.8 Å². The number of hydrogen-bond donors (Lipinski definition) is 1. The molecule has 8 nitrogen and oxygen atoms in total. The number of non-ortho nitro benzene ring substituents is 1. The second kappa shape index (κ2) is 8.78. The Kier molecular flexibility index (Phi) is 5.92. The van der Waals surface area contributed by atoms with Gasteiger partial charge in [0, 0.05) is 23.4 Å². The van der Waals surface area contributed by atoms with Gasteiger partial charge in [-0.1, -0.05) is 17.8 Å². The van der Waals surface area contributed by atoms with Crippen LogP contribution in [0.1, 0.15) is 11.1 Å². The Balaban J connectivity index is 1.51. The van der Waals surface area contributed by atoms with Crippen molar-refractivity contribution in [3.8, 4) is 11.3 Å². The van der Waals surface area contributed by atoms with Gasteiger partial charge in [-0.25, -0.2) is 9.97 Å². The number of thioether (sulfide) groups is 1. The number of nitro benzene ring substituents is 1. The molecule has 0 radical (unpaired) electrons. The number of nitro groups is 1. The number of anilines is 1. The molecule has 0 unspecified atom stereocenters.